The predicted octanol–water partition coefficient (Wildman–Crippen LogP) is 1.58. The van der Waals surface area contributed by atoms with E-state index >= 15 is 0 Å². The van der Waals surface area contributed by atoms with Gasteiger partial charge in [0.25, 0.3) is 0 Å². The maximum atomic E-state index is 10.7. The number of rotatable bonds is 20. The second-order valence-corrected chi connectivity index (χ2v) is 10.6. The molecule has 0 aliphatic carbocycles. The summed E-state index contributed by atoms with van der Waals surface area (Å²) in [6.07, 6.45) is 9.25. The third kappa shape index (κ3) is 14.3. The first-order valence-electron chi connectivity index (χ1n) is 13.1. The number of ether oxygens (including phenoxy) is 2. The van der Waals surface area contributed by atoms with Crippen molar-refractivity contribution in [2.24, 2.45) is 5.73 Å². The third-order valence-corrected chi connectivity index (χ3v) is 6.68. The van der Waals surface area contributed by atoms with Gasteiger partial charge in [-0.1, -0.05) is 83.3 Å². The maximum absolute atomic E-state index is 10.7. The van der Waals surface area contributed by atoms with Gasteiger partial charge in [0.05, 0.1) is 25.4 Å². The van der Waals surface area contributed by atoms with Crippen molar-refractivity contribution in [3.63, 3.8) is 0 Å². The van der Waals surface area contributed by atoms with Crippen molar-refractivity contribution >= 4 is 10.4 Å². The van der Waals surface area contributed by atoms with Gasteiger partial charge >= 0.3 is 10.4 Å². The van der Waals surface area contributed by atoms with E-state index in [2.05, 4.69) is 11.1 Å². The molecule has 7 atom stereocenters. The highest BCUT2D eigenvalue weighted by atomic mass is 32.3. The average Bonchev–Trinajstić information content (AvgIpc) is 2.83. The Morgan fingerprint density at radius 3 is 2.03 bits per heavy atom. The largest absolute Gasteiger partial charge is 0.397 e. The third-order valence-electron chi connectivity index (χ3n) is 6.25. The van der Waals surface area contributed by atoms with Crippen LogP contribution < -0.4 is 5.73 Å². The summed E-state index contributed by atoms with van der Waals surface area (Å²) < 4.78 is 44.9. The Kier molecular flexibility index (Phi) is 17.2. The molecule has 11 nitrogen and oxygen atoms in total. The number of unbranched alkanes of at least 4 members (excludes halogenated alkanes) is 11. The van der Waals surface area contributed by atoms with Gasteiger partial charge in [-0.3, -0.25) is 4.55 Å². The molecule has 2 unspecified atom stereocenters. The fraction of sp³-hybridized carbons (Fsp3) is 0.917. The molecule has 36 heavy (non-hydrogen) atoms. The number of hydrogen-bond donors (Lipinski definition) is 6. The molecule has 1 rings (SSSR count). The van der Waals surface area contributed by atoms with Crippen molar-refractivity contribution in [1.29, 1.82) is 0 Å². The van der Waals surface area contributed by atoms with Gasteiger partial charge in [-0.25, -0.2) is 4.18 Å². The molecule has 0 radical (unpaired) electrons. The highest BCUT2D eigenvalue weighted by molar-refractivity contribution is 7.80. The molecular formula is C24H47NO10S. The van der Waals surface area contributed by atoms with Crippen LogP contribution in [0.25, 0.3) is 0 Å². The minimum atomic E-state index is -4.79. The predicted molar refractivity (Wildman–Crippen MR) is 134 cm³/mol. The van der Waals surface area contributed by atoms with E-state index in [0.29, 0.717) is 0 Å². The summed E-state index contributed by atoms with van der Waals surface area (Å²) in [5, 5.41) is 40.1. The number of allylic oxidation sites excluding steroid dienone is 1. The molecule has 0 amide bonds. The highest BCUT2D eigenvalue weighted by Gasteiger charge is 2.45. The van der Waals surface area contributed by atoms with E-state index in [0.717, 1.165) is 19.3 Å². The molecule has 0 aromatic heterocycles. The van der Waals surface area contributed by atoms with Gasteiger partial charge in [-0.05, 0) is 12.8 Å². The molecule has 1 aliphatic rings. The van der Waals surface area contributed by atoms with Crippen LogP contribution in [0.4, 0.5) is 0 Å². The fourth-order valence-corrected chi connectivity index (χ4v) is 4.26. The Bertz CT molecular complexity index is 692. The summed E-state index contributed by atoms with van der Waals surface area (Å²) in [6.45, 7) is 1.17. The second kappa shape index (κ2) is 18.6. The van der Waals surface area contributed by atoms with Crippen LogP contribution in [0.15, 0.2) is 12.2 Å². The first kappa shape index (κ1) is 33.4. The van der Waals surface area contributed by atoms with E-state index in [-0.39, 0.29) is 6.61 Å². The molecular weight excluding hydrogens is 494 g/mol. The van der Waals surface area contributed by atoms with E-state index in [1.165, 1.54) is 57.8 Å². The van der Waals surface area contributed by atoms with Crippen molar-refractivity contribution in [1.82, 2.24) is 0 Å². The lowest BCUT2D eigenvalue weighted by Gasteiger charge is -2.40. The summed E-state index contributed by atoms with van der Waals surface area (Å²) >= 11 is 0. The standard InChI is InChI=1S/C24H47NO10S/c1-2-3-4-5-6-7-8-9-10-11-12-13-14-15-19(26)18(25)16-33-24-23(29)22(28)21(27)20(35-24)17-34-36(30,31)32/h14-15,18-24,26-29H,2-13,16-17,25H2,1H3,(H,30,31,32)/b15-14+/t18?,19?,20-,21+,22+,23-,24-/m1/s1. The Balaban J connectivity index is 2.23. The molecule has 0 aromatic carbocycles. The number of aliphatic hydroxyl groups excluding tert-OH is 4. The Morgan fingerprint density at radius 2 is 1.47 bits per heavy atom. The van der Waals surface area contributed by atoms with Crippen molar-refractivity contribution in [2.45, 2.75) is 127 Å². The van der Waals surface area contributed by atoms with Crippen LogP contribution in [0, 0.1) is 0 Å². The van der Waals surface area contributed by atoms with Crippen LogP contribution in [0.3, 0.4) is 0 Å². The summed E-state index contributed by atoms with van der Waals surface area (Å²) in [5.41, 5.74) is 5.93. The molecule has 0 aromatic rings. The van der Waals surface area contributed by atoms with Crippen LogP contribution in [-0.4, -0.2) is 89.5 Å². The van der Waals surface area contributed by atoms with Gasteiger partial charge in [0.1, 0.15) is 24.4 Å². The zero-order valence-corrected chi connectivity index (χ0v) is 22.2. The Morgan fingerprint density at radius 1 is 0.917 bits per heavy atom. The molecule has 12 heteroatoms. The van der Waals surface area contributed by atoms with Crippen molar-refractivity contribution in [3.8, 4) is 0 Å². The molecule has 1 fully saturated rings. The maximum Gasteiger partial charge on any atom is 0.397 e. The van der Waals surface area contributed by atoms with Crippen LogP contribution in [0.2, 0.25) is 0 Å². The molecule has 0 bridgehead atoms. The molecule has 1 aliphatic heterocycles. The van der Waals surface area contributed by atoms with Gasteiger partial charge < -0.3 is 35.6 Å². The summed E-state index contributed by atoms with van der Waals surface area (Å²) in [5.74, 6) is 0. The molecule has 0 saturated carbocycles. The van der Waals surface area contributed by atoms with Crippen LogP contribution in [0.1, 0.15) is 84.0 Å². The minimum Gasteiger partial charge on any atom is -0.387 e. The van der Waals surface area contributed by atoms with E-state index < -0.39 is 59.9 Å². The van der Waals surface area contributed by atoms with E-state index in [1.807, 2.05) is 6.08 Å². The minimum absolute atomic E-state index is 0.250. The van der Waals surface area contributed by atoms with Crippen LogP contribution >= 0.6 is 0 Å². The van der Waals surface area contributed by atoms with E-state index in [9.17, 15) is 28.8 Å². The lowest BCUT2D eigenvalue weighted by molar-refractivity contribution is -0.301. The second-order valence-electron chi connectivity index (χ2n) is 9.47. The van der Waals surface area contributed by atoms with Crippen molar-refractivity contribution < 1.29 is 47.1 Å². The molecule has 0 spiro atoms. The number of hydrogen-bond acceptors (Lipinski definition) is 10. The highest BCUT2D eigenvalue weighted by Crippen LogP contribution is 2.23. The summed E-state index contributed by atoms with van der Waals surface area (Å²) in [7, 11) is -4.79. The Labute approximate surface area is 215 Å². The fourth-order valence-electron chi connectivity index (χ4n) is 3.95. The quantitative estimate of drug-likeness (QED) is 0.0745. The Hall–Kier alpha value is -0.670. The first-order valence-corrected chi connectivity index (χ1v) is 14.5. The van der Waals surface area contributed by atoms with Gasteiger partial charge in [0.15, 0.2) is 6.29 Å². The number of nitrogens with two attached hydrogens (primary N) is 1. The van der Waals surface area contributed by atoms with Gasteiger partial charge in [0.2, 0.25) is 0 Å². The average molecular weight is 542 g/mol. The molecule has 7 N–H and O–H groups in total. The molecule has 1 saturated heterocycles. The smallest absolute Gasteiger partial charge is 0.387 e. The lowest BCUT2D eigenvalue weighted by Crippen LogP contribution is -2.60. The van der Waals surface area contributed by atoms with Crippen molar-refractivity contribution in [3.05, 3.63) is 12.2 Å². The molecule has 214 valence electrons. The SMILES string of the molecule is CCCCCCCCCCCCC/C=C/C(O)C(N)CO[C@@H]1O[C@H](COS(=O)(=O)O)[C@H](O)[C@H](O)[C@H]1O. The van der Waals surface area contributed by atoms with Crippen molar-refractivity contribution in [2.75, 3.05) is 13.2 Å². The van der Waals surface area contributed by atoms with Gasteiger partial charge in [-0.15, -0.1) is 0 Å². The summed E-state index contributed by atoms with van der Waals surface area (Å²) in [6, 6.07) is -0.856. The normalized spacial score (nSPS) is 26.9. The van der Waals surface area contributed by atoms with Gasteiger partial charge in [-0.2, -0.15) is 8.42 Å². The zero-order chi connectivity index (χ0) is 27.0. The molecule has 1 heterocycles. The lowest BCUT2D eigenvalue weighted by atomic mass is 9.99. The monoisotopic (exact) mass is 541 g/mol. The van der Waals surface area contributed by atoms with E-state index in [1.54, 1.807) is 6.08 Å². The van der Waals surface area contributed by atoms with Crippen LogP contribution in [0.5, 0.6) is 0 Å². The number of aliphatic hydroxyl groups is 4. The topological polar surface area (TPSA) is 189 Å². The van der Waals surface area contributed by atoms with E-state index in [4.69, 9.17) is 19.8 Å². The van der Waals surface area contributed by atoms with Gasteiger partial charge in [0, 0.05) is 0 Å². The summed E-state index contributed by atoms with van der Waals surface area (Å²) in [4.78, 5) is 0. The van der Waals surface area contributed by atoms with Crippen LogP contribution in [-0.2, 0) is 24.1 Å². The first-order chi connectivity index (χ1) is 17.1. The zero-order valence-electron chi connectivity index (χ0n) is 21.4.